The van der Waals surface area contributed by atoms with E-state index in [1.54, 1.807) is 6.08 Å². The molecule has 4 bridgehead atoms. The number of hydrogen-bond acceptors (Lipinski definition) is 9. The first-order valence-electron chi connectivity index (χ1n) is 14.3. The lowest BCUT2D eigenvalue weighted by molar-refractivity contribution is -0.374. The minimum atomic E-state index is -1.88. The smallest absolute Gasteiger partial charge is 0.333 e. The van der Waals surface area contributed by atoms with Crippen molar-refractivity contribution in [3.63, 3.8) is 0 Å². The van der Waals surface area contributed by atoms with Gasteiger partial charge in [0.25, 0.3) is 0 Å². The zero-order valence-corrected chi connectivity index (χ0v) is 23.1. The number of methoxy groups -OCH3 is 1. The maximum Gasteiger partial charge on any atom is 0.333 e. The number of aromatic amines is 1. The fourth-order valence-electron chi connectivity index (χ4n) is 7.59. The fourth-order valence-corrected chi connectivity index (χ4v) is 7.59. The number of rotatable bonds is 7. The summed E-state index contributed by atoms with van der Waals surface area (Å²) >= 11 is 0. The number of hydrogen-bond donors (Lipinski definition) is 5. The minimum Gasteiger partial charge on any atom is -0.483 e. The molecule has 1 aromatic rings. The van der Waals surface area contributed by atoms with Crippen molar-refractivity contribution in [1.29, 1.82) is 0 Å². The first kappa shape index (κ1) is 28.2. The third-order valence-corrected chi connectivity index (χ3v) is 9.63. The minimum absolute atomic E-state index is 0.114. The van der Waals surface area contributed by atoms with E-state index in [0.29, 0.717) is 24.8 Å². The number of carbonyl (C=O) groups is 2. The molecular formula is C30H37NO10. The van der Waals surface area contributed by atoms with E-state index in [0.717, 1.165) is 28.3 Å². The number of aryl methyl sites for hydroxylation is 1. The summed E-state index contributed by atoms with van der Waals surface area (Å²) in [5.41, 5.74) is -1.35. The van der Waals surface area contributed by atoms with Gasteiger partial charge < -0.3 is 44.4 Å². The first-order valence-corrected chi connectivity index (χ1v) is 14.3. The van der Waals surface area contributed by atoms with Crippen molar-refractivity contribution < 1.29 is 49.0 Å². The van der Waals surface area contributed by atoms with Crippen molar-refractivity contribution in [2.24, 2.45) is 17.8 Å². The summed E-state index contributed by atoms with van der Waals surface area (Å²) < 4.78 is 24.0. The molecule has 11 nitrogen and oxygen atoms in total. The zero-order valence-electron chi connectivity index (χ0n) is 23.1. The second kappa shape index (κ2) is 10.4. The highest BCUT2D eigenvalue weighted by Gasteiger charge is 2.69. The maximum absolute atomic E-state index is 12.7. The lowest BCUT2D eigenvalue weighted by atomic mass is 9.63. The molecule has 41 heavy (non-hydrogen) atoms. The molecule has 0 unspecified atom stereocenters. The van der Waals surface area contributed by atoms with Gasteiger partial charge in [-0.2, -0.15) is 0 Å². The van der Waals surface area contributed by atoms with Crippen LogP contribution in [0.3, 0.4) is 0 Å². The SMILES string of the molecule is CCc1cc2c([nH]1)=CO[C@]13C=2CC[C@](O)([C@H](O[C@H]2[C@@H]4C=CCC[C@H]2C=C(C(=O)OC)[C@H]4CC(=O)O)O[C@@H]1CO)[C@H]3O. The van der Waals surface area contributed by atoms with E-state index in [1.807, 2.05) is 25.1 Å². The lowest BCUT2D eigenvalue weighted by Gasteiger charge is -2.60. The number of ether oxygens (including phenoxy) is 4. The summed E-state index contributed by atoms with van der Waals surface area (Å²) in [4.78, 5) is 27.8. The largest absolute Gasteiger partial charge is 0.483 e. The van der Waals surface area contributed by atoms with Crippen LogP contribution in [-0.4, -0.2) is 86.9 Å². The number of aliphatic hydroxyl groups is 3. The number of H-pyrrole nitrogens is 1. The van der Waals surface area contributed by atoms with Crippen molar-refractivity contribution >= 4 is 23.8 Å². The summed E-state index contributed by atoms with van der Waals surface area (Å²) in [7, 11) is 1.26. The normalized spacial score (nSPS) is 38.9. The molecule has 2 fully saturated rings. The highest BCUT2D eigenvalue weighted by Crippen LogP contribution is 2.53. The predicted molar refractivity (Wildman–Crippen MR) is 143 cm³/mol. The fraction of sp³-hybridized carbons (Fsp3) is 0.600. The van der Waals surface area contributed by atoms with Gasteiger partial charge in [-0.15, -0.1) is 0 Å². The van der Waals surface area contributed by atoms with Crippen molar-refractivity contribution in [2.45, 2.75) is 81.3 Å². The molecule has 9 atom stereocenters. The van der Waals surface area contributed by atoms with Crippen LogP contribution in [0.25, 0.3) is 11.8 Å². The Morgan fingerprint density at radius 2 is 2.10 bits per heavy atom. The van der Waals surface area contributed by atoms with Gasteiger partial charge >= 0.3 is 11.9 Å². The number of aliphatic hydroxyl groups excluding tert-OH is 2. The number of aromatic nitrogens is 1. The van der Waals surface area contributed by atoms with Crippen LogP contribution < -0.4 is 10.6 Å². The Morgan fingerprint density at radius 3 is 2.80 bits per heavy atom. The van der Waals surface area contributed by atoms with Gasteiger partial charge in [0, 0.05) is 34.2 Å². The molecule has 6 rings (SSSR count). The number of esters is 1. The van der Waals surface area contributed by atoms with Crippen LogP contribution in [0.1, 0.15) is 44.7 Å². The number of carbonyl (C=O) groups excluding carboxylic acids is 1. The number of allylic oxidation sites excluding steroid dienone is 1. The monoisotopic (exact) mass is 571 g/mol. The summed E-state index contributed by atoms with van der Waals surface area (Å²) in [6.45, 7) is 1.52. The van der Waals surface area contributed by atoms with Gasteiger partial charge in [-0.05, 0) is 43.7 Å². The lowest BCUT2D eigenvalue weighted by Crippen LogP contribution is -2.77. The Balaban J connectivity index is 1.38. The van der Waals surface area contributed by atoms with Gasteiger partial charge in [0.15, 0.2) is 11.9 Å². The molecule has 11 heteroatoms. The van der Waals surface area contributed by atoms with Crippen LogP contribution in [0, 0.1) is 17.8 Å². The molecule has 0 radical (unpaired) electrons. The van der Waals surface area contributed by atoms with E-state index in [9.17, 15) is 30.0 Å². The van der Waals surface area contributed by atoms with Crippen molar-refractivity contribution in [1.82, 2.24) is 4.98 Å². The van der Waals surface area contributed by atoms with Gasteiger partial charge in [-0.25, -0.2) is 4.79 Å². The van der Waals surface area contributed by atoms with Gasteiger partial charge in [0.1, 0.15) is 24.1 Å². The average Bonchev–Trinajstić information content (AvgIpc) is 3.32. The van der Waals surface area contributed by atoms with Crippen LogP contribution in [-0.2, 0) is 35.0 Å². The Morgan fingerprint density at radius 1 is 1.29 bits per heavy atom. The molecule has 5 N–H and O–H groups in total. The second-order valence-corrected chi connectivity index (χ2v) is 11.7. The summed E-state index contributed by atoms with van der Waals surface area (Å²) in [5, 5.41) is 45.7. The molecule has 5 aliphatic rings. The summed E-state index contributed by atoms with van der Waals surface area (Å²) in [6, 6.07) is 2.01. The average molecular weight is 572 g/mol. The molecule has 1 aromatic heterocycles. The molecule has 222 valence electrons. The molecule has 1 saturated heterocycles. The maximum atomic E-state index is 12.7. The topological polar surface area (TPSA) is 168 Å². The molecule has 3 heterocycles. The van der Waals surface area contributed by atoms with E-state index in [-0.39, 0.29) is 18.8 Å². The van der Waals surface area contributed by atoms with E-state index < -0.39 is 66.2 Å². The highest BCUT2D eigenvalue weighted by molar-refractivity contribution is 5.90. The third-order valence-electron chi connectivity index (χ3n) is 9.63. The molecule has 1 spiro atoms. The molecule has 0 amide bonds. The van der Waals surface area contributed by atoms with Gasteiger partial charge in [0.05, 0.1) is 31.6 Å². The molecular weight excluding hydrogens is 534 g/mol. The van der Waals surface area contributed by atoms with Gasteiger partial charge in [-0.3, -0.25) is 4.79 Å². The van der Waals surface area contributed by atoms with Crippen molar-refractivity contribution in [3.8, 4) is 0 Å². The van der Waals surface area contributed by atoms with E-state index >= 15 is 0 Å². The second-order valence-electron chi connectivity index (χ2n) is 11.7. The van der Waals surface area contributed by atoms with Gasteiger partial charge in [0.2, 0.25) is 0 Å². The number of carboxylic acids is 1. The van der Waals surface area contributed by atoms with E-state index in [4.69, 9.17) is 18.9 Å². The third kappa shape index (κ3) is 4.20. The van der Waals surface area contributed by atoms with Crippen LogP contribution in [0.15, 0.2) is 29.9 Å². The van der Waals surface area contributed by atoms with Crippen LogP contribution >= 0.6 is 0 Å². The van der Waals surface area contributed by atoms with Crippen LogP contribution in [0.2, 0.25) is 0 Å². The van der Waals surface area contributed by atoms with Crippen LogP contribution in [0.4, 0.5) is 0 Å². The van der Waals surface area contributed by atoms with Crippen molar-refractivity contribution in [2.75, 3.05) is 13.7 Å². The molecule has 0 aromatic carbocycles. The zero-order chi connectivity index (χ0) is 29.1. The van der Waals surface area contributed by atoms with Crippen molar-refractivity contribution in [3.05, 3.63) is 46.1 Å². The number of aliphatic carboxylic acids is 1. The Labute approximate surface area is 236 Å². The standard InChI is InChI=1S/C30H37NO10/c1-3-16-11-20-21-8-9-29(37)27(36)30(21,39-14-22(20)31-16)23(13-32)40-28(29)41-25-15-6-4-5-7-17(25)18(12-24(33)34)19(10-15)26(35)38-2/h5,7,10-11,14-15,17-18,23,25,27-28,31-32,36-37H,3-4,6,8-9,12-13H2,1-2H3,(H,33,34)/t15-,17+,18-,23+,25+,27+,28-,29+,30+/m0/s1. The highest BCUT2D eigenvalue weighted by atomic mass is 16.7. The molecule has 3 aliphatic carbocycles. The molecule has 2 aliphatic heterocycles. The number of fused-ring (bicyclic) bond motifs is 4. The summed E-state index contributed by atoms with van der Waals surface area (Å²) in [6.07, 6.45) is 4.76. The Bertz CT molecular complexity index is 1410. The number of nitrogens with one attached hydrogen (secondary N) is 1. The Hall–Kier alpha value is -2.96. The quantitative estimate of drug-likeness (QED) is 0.222. The van der Waals surface area contributed by atoms with Gasteiger partial charge in [-0.1, -0.05) is 25.2 Å². The van der Waals surface area contributed by atoms with Crippen LogP contribution in [0.5, 0.6) is 0 Å². The number of carboxylic acid groups (broad SMARTS) is 1. The Kier molecular flexibility index (Phi) is 7.14. The first-order chi connectivity index (χ1) is 19.7. The summed E-state index contributed by atoms with van der Waals surface area (Å²) in [5.74, 6) is -3.20. The molecule has 1 saturated carbocycles. The van der Waals surface area contributed by atoms with E-state index in [1.165, 1.54) is 13.4 Å². The predicted octanol–water partition coefficient (Wildman–Crippen LogP) is 0.00930. The van der Waals surface area contributed by atoms with E-state index in [2.05, 4.69) is 4.98 Å².